The first-order valence-electron chi connectivity index (χ1n) is 7.35. The predicted molar refractivity (Wildman–Crippen MR) is 74.8 cm³/mol. The van der Waals surface area contributed by atoms with Crippen LogP contribution in [0.3, 0.4) is 0 Å². The number of carboxylic acids is 1. The summed E-state index contributed by atoms with van der Waals surface area (Å²) in [6.45, 7) is 8.71. The zero-order valence-corrected chi connectivity index (χ0v) is 12.6. The van der Waals surface area contributed by atoms with Crippen molar-refractivity contribution in [1.82, 2.24) is 4.90 Å². The van der Waals surface area contributed by atoms with Crippen LogP contribution in [0.1, 0.15) is 53.4 Å². The van der Waals surface area contributed by atoms with E-state index in [0.717, 1.165) is 25.7 Å². The Balaban J connectivity index is 3.23. The molecule has 0 aromatic heterocycles. The molecule has 1 amide bonds. The topological polar surface area (TPSA) is 57.6 Å². The van der Waals surface area contributed by atoms with E-state index in [1.165, 1.54) is 0 Å². The van der Waals surface area contributed by atoms with Crippen LogP contribution in [-0.2, 0) is 9.59 Å². The maximum absolute atomic E-state index is 12.0. The van der Waals surface area contributed by atoms with Crippen molar-refractivity contribution in [3.63, 3.8) is 0 Å². The molecule has 1 N–H and O–H groups in total. The molecule has 110 valence electrons. The van der Waals surface area contributed by atoms with Crippen molar-refractivity contribution in [3.05, 3.63) is 0 Å². The molecule has 3 atom stereocenters. The average molecular weight is 269 g/mol. The highest BCUT2D eigenvalue weighted by molar-refractivity contribution is 5.82. The van der Waals surface area contributed by atoms with Crippen LogP contribution in [0.5, 0.6) is 0 Å². The number of aliphatic carboxylic acids is 1. The molecule has 1 rings (SSSR count). The quantitative estimate of drug-likeness (QED) is 0.754. The normalized spacial score (nSPS) is 31.2. The summed E-state index contributed by atoms with van der Waals surface area (Å²) in [5.41, 5.74) is -1.01. The minimum atomic E-state index is -1.01. The first-order chi connectivity index (χ1) is 8.90. The molecule has 0 saturated heterocycles. The second-order valence-corrected chi connectivity index (χ2v) is 6.27. The second-order valence-electron chi connectivity index (χ2n) is 6.27. The molecular weight excluding hydrogens is 242 g/mol. The lowest BCUT2D eigenvalue weighted by Gasteiger charge is -2.50. The summed E-state index contributed by atoms with van der Waals surface area (Å²) in [6.07, 6.45) is 4.04. The van der Waals surface area contributed by atoms with Crippen molar-refractivity contribution in [2.75, 3.05) is 6.54 Å². The highest BCUT2D eigenvalue weighted by Crippen LogP contribution is 2.44. The lowest BCUT2D eigenvalue weighted by molar-refractivity contribution is -0.166. The number of carbonyl (C=O) groups excluding carboxylic acids is 1. The Kier molecular flexibility index (Phi) is 5.39. The van der Waals surface area contributed by atoms with Gasteiger partial charge in [-0.15, -0.1) is 0 Å². The van der Waals surface area contributed by atoms with Gasteiger partial charge in [0.05, 0.1) is 0 Å². The highest BCUT2D eigenvalue weighted by Gasteiger charge is 2.53. The smallest absolute Gasteiger partial charge is 0.329 e. The number of rotatable bonds is 6. The Morgan fingerprint density at radius 3 is 2.53 bits per heavy atom. The van der Waals surface area contributed by atoms with Gasteiger partial charge in [0.1, 0.15) is 5.54 Å². The summed E-state index contributed by atoms with van der Waals surface area (Å²) in [7, 11) is 0. The molecule has 0 heterocycles. The summed E-state index contributed by atoms with van der Waals surface area (Å²) in [4.78, 5) is 25.0. The predicted octanol–water partition coefficient (Wildman–Crippen LogP) is 2.77. The highest BCUT2D eigenvalue weighted by atomic mass is 16.4. The molecule has 0 radical (unpaired) electrons. The molecule has 0 bridgehead atoms. The molecule has 0 aromatic carbocycles. The van der Waals surface area contributed by atoms with Crippen molar-refractivity contribution < 1.29 is 14.7 Å². The standard InChI is InChI=1S/C15H27NO3/c1-5-8-16(10-17)15(14(18)19)9-12(4)6-7-13(15)11(2)3/h10-13H,5-9H2,1-4H3,(H,18,19). The molecule has 4 nitrogen and oxygen atoms in total. The van der Waals surface area contributed by atoms with Crippen molar-refractivity contribution >= 4 is 12.4 Å². The molecule has 19 heavy (non-hydrogen) atoms. The summed E-state index contributed by atoms with van der Waals surface area (Å²) >= 11 is 0. The molecule has 0 spiro atoms. The van der Waals surface area contributed by atoms with Crippen LogP contribution >= 0.6 is 0 Å². The molecule has 4 heteroatoms. The van der Waals surface area contributed by atoms with Crippen LogP contribution in [0.25, 0.3) is 0 Å². The minimum Gasteiger partial charge on any atom is -0.479 e. The van der Waals surface area contributed by atoms with E-state index in [4.69, 9.17) is 0 Å². The van der Waals surface area contributed by atoms with E-state index in [2.05, 4.69) is 20.8 Å². The van der Waals surface area contributed by atoms with E-state index in [9.17, 15) is 14.7 Å². The van der Waals surface area contributed by atoms with E-state index >= 15 is 0 Å². The summed E-state index contributed by atoms with van der Waals surface area (Å²) in [6, 6.07) is 0. The van der Waals surface area contributed by atoms with E-state index < -0.39 is 11.5 Å². The number of nitrogens with zero attached hydrogens (tertiary/aromatic N) is 1. The molecule has 1 fully saturated rings. The zero-order chi connectivity index (χ0) is 14.6. The number of amides is 1. The van der Waals surface area contributed by atoms with E-state index in [1.807, 2.05) is 6.92 Å². The molecule has 0 aromatic rings. The van der Waals surface area contributed by atoms with Crippen molar-refractivity contribution in [2.24, 2.45) is 17.8 Å². The van der Waals surface area contributed by atoms with Crippen LogP contribution in [0, 0.1) is 17.8 Å². The number of carboxylic acid groups (broad SMARTS) is 1. The Morgan fingerprint density at radius 2 is 2.11 bits per heavy atom. The van der Waals surface area contributed by atoms with E-state index in [1.54, 1.807) is 4.90 Å². The molecule has 1 aliphatic carbocycles. The van der Waals surface area contributed by atoms with E-state index in [-0.39, 0.29) is 11.8 Å². The number of carbonyl (C=O) groups is 2. The first kappa shape index (κ1) is 16.0. The third kappa shape index (κ3) is 2.93. The van der Waals surface area contributed by atoms with Crippen molar-refractivity contribution in [1.29, 1.82) is 0 Å². The third-order valence-electron chi connectivity index (χ3n) is 4.52. The van der Waals surface area contributed by atoms with Gasteiger partial charge in [-0.25, -0.2) is 4.79 Å². The van der Waals surface area contributed by atoms with E-state index in [0.29, 0.717) is 18.9 Å². The fraction of sp³-hybridized carbons (Fsp3) is 0.867. The van der Waals surface area contributed by atoms with Gasteiger partial charge in [0.15, 0.2) is 0 Å². The van der Waals surface area contributed by atoms with Crippen LogP contribution in [0.4, 0.5) is 0 Å². The van der Waals surface area contributed by atoms with Gasteiger partial charge in [-0.1, -0.05) is 34.1 Å². The van der Waals surface area contributed by atoms with Crippen molar-refractivity contribution in [2.45, 2.75) is 58.9 Å². The van der Waals surface area contributed by atoms with Gasteiger partial charge >= 0.3 is 5.97 Å². The number of hydrogen-bond donors (Lipinski definition) is 1. The second kappa shape index (κ2) is 6.40. The van der Waals surface area contributed by atoms with Gasteiger partial charge in [-0.3, -0.25) is 4.79 Å². The van der Waals surface area contributed by atoms with Gasteiger partial charge < -0.3 is 10.0 Å². The van der Waals surface area contributed by atoms with Crippen molar-refractivity contribution in [3.8, 4) is 0 Å². The monoisotopic (exact) mass is 269 g/mol. The summed E-state index contributed by atoms with van der Waals surface area (Å²) in [5.74, 6) is -0.176. The lowest BCUT2D eigenvalue weighted by atomic mass is 9.64. The van der Waals surface area contributed by atoms with Gasteiger partial charge in [0.25, 0.3) is 0 Å². The van der Waals surface area contributed by atoms with Crippen LogP contribution in [-0.4, -0.2) is 34.5 Å². The SMILES string of the molecule is CCCN(C=O)C1(C(=O)O)CC(C)CCC1C(C)C. The van der Waals surface area contributed by atoms with Gasteiger partial charge in [0.2, 0.25) is 6.41 Å². The summed E-state index contributed by atoms with van der Waals surface area (Å²) in [5, 5.41) is 9.85. The fourth-order valence-corrected chi connectivity index (χ4v) is 3.66. The largest absolute Gasteiger partial charge is 0.479 e. The number of hydrogen-bond acceptors (Lipinski definition) is 2. The molecule has 1 aliphatic rings. The molecule has 1 saturated carbocycles. The summed E-state index contributed by atoms with van der Waals surface area (Å²) < 4.78 is 0. The Bertz CT molecular complexity index is 329. The lowest BCUT2D eigenvalue weighted by Crippen LogP contribution is -2.62. The zero-order valence-electron chi connectivity index (χ0n) is 12.6. The fourth-order valence-electron chi connectivity index (χ4n) is 3.66. The Labute approximate surface area is 116 Å². The minimum absolute atomic E-state index is 0.0398. The van der Waals surface area contributed by atoms with Gasteiger partial charge in [-0.05, 0) is 37.0 Å². The average Bonchev–Trinajstić information content (AvgIpc) is 2.34. The van der Waals surface area contributed by atoms with Gasteiger partial charge in [0, 0.05) is 6.54 Å². The Morgan fingerprint density at radius 1 is 1.47 bits per heavy atom. The maximum atomic E-state index is 12.0. The van der Waals surface area contributed by atoms with Gasteiger partial charge in [-0.2, -0.15) is 0 Å². The van der Waals surface area contributed by atoms with Crippen LogP contribution in [0.2, 0.25) is 0 Å². The first-order valence-corrected chi connectivity index (χ1v) is 7.35. The molecular formula is C15H27NO3. The molecule has 0 aliphatic heterocycles. The van der Waals surface area contributed by atoms with Crippen LogP contribution in [0.15, 0.2) is 0 Å². The maximum Gasteiger partial charge on any atom is 0.329 e. The molecule has 3 unspecified atom stereocenters. The Hall–Kier alpha value is -1.06. The van der Waals surface area contributed by atoms with Crippen LogP contribution < -0.4 is 0 Å². The third-order valence-corrected chi connectivity index (χ3v) is 4.52.